The van der Waals surface area contributed by atoms with Crippen molar-refractivity contribution in [3.05, 3.63) is 33.8 Å². The summed E-state index contributed by atoms with van der Waals surface area (Å²) in [5.41, 5.74) is -0.656. The Morgan fingerprint density at radius 3 is 2.50 bits per heavy atom. The highest BCUT2D eigenvalue weighted by Gasteiger charge is 2.46. The van der Waals surface area contributed by atoms with E-state index in [4.69, 9.17) is 33.2 Å². The summed E-state index contributed by atoms with van der Waals surface area (Å²) in [6, 6.07) is 6.58. The molecule has 0 bridgehead atoms. The average molecular weight is 256 g/mol. The lowest BCUT2D eigenvalue weighted by Gasteiger charge is -2.33. The number of carbonyl (C=O) groups is 1. The number of rotatable bonds is 2. The van der Waals surface area contributed by atoms with Crippen LogP contribution in [0.4, 0.5) is 0 Å². The fourth-order valence-electron chi connectivity index (χ4n) is 1.47. The Morgan fingerprint density at radius 1 is 1.38 bits per heavy atom. The van der Waals surface area contributed by atoms with Gasteiger partial charge in [-0.2, -0.15) is 5.26 Å². The third kappa shape index (κ3) is 1.69. The number of hydrogen-bond acceptors (Lipinski definition) is 3. The van der Waals surface area contributed by atoms with Crippen molar-refractivity contribution in [2.75, 3.05) is 13.2 Å². The molecule has 5 heteroatoms. The zero-order chi connectivity index (χ0) is 11.8. The summed E-state index contributed by atoms with van der Waals surface area (Å²) >= 11 is 11.6. The average Bonchev–Trinajstić information content (AvgIpc) is 2.21. The van der Waals surface area contributed by atoms with Gasteiger partial charge in [-0.25, -0.2) is 0 Å². The van der Waals surface area contributed by atoms with Crippen molar-refractivity contribution in [1.82, 2.24) is 0 Å². The number of benzene rings is 1. The number of nitrogens with zero attached hydrogens (tertiary/aromatic N) is 1. The van der Waals surface area contributed by atoms with E-state index in [1.807, 2.05) is 6.07 Å². The van der Waals surface area contributed by atoms with Crippen LogP contribution in [0.15, 0.2) is 18.2 Å². The zero-order valence-electron chi connectivity index (χ0n) is 8.17. The predicted octanol–water partition coefficient (Wildman–Crippen LogP) is 2.72. The van der Waals surface area contributed by atoms with Crippen molar-refractivity contribution < 1.29 is 9.53 Å². The van der Waals surface area contributed by atoms with E-state index in [-0.39, 0.29) is 19.0 Å². The van der Waals surface area contributed by atoms with Crippen molar-refractivity contribution in [3.8, 4) is 6.07 Å². The van der Waals surface area contributed by atoms with E-state index < -0.39 is 5.41 Å². The largest absolute Gasteiger partial charge is 0.377 e. The summed E-state index contributed by atoms with van der Waals surface area (Å²) in [5, 5.41) is 9.67. The molecular weight excluding hydrogens is 249 g/mol. The van der Waals surface area contributed by atoms with Gasteiger partial charge < -0.3 is 4.74 Å². The van der Waals surface area contributed by atoms with Crippen molar-refractivity contribution in [2.24, 2.45) is 5.41 Å². The number of ether oxygens (including phenoxy) is 1. The summed E-state index contributed by atoms with van der Waals surface area (Å²) in [4.78, 5) is 12.0. The van der Waals surface area contributed by atoms with Crippen molar-refractivity contribution in [3.63, 3.8) is 0 Å². The third-order valence-corrected chi connectivity index (χ3v) is 3.27. The summed E-state index contributed by atoms with van der Waals surface area (Å²) in [6.45, 7) is 0.283. The number of hydrogen-bond donors (Lipinski definition) is 0. The maximum atomic E-state index is 12.0. The van der Waals surface area contributed by atoms with Crippen LogP contribution >= 0.6 is 23.2 Å². The Hall–Kier alpha value is -1.08. The minimum atomic E-state index is -1.04. The van der Waals surface area contributed by atoms with Crippen molar-refractivity contribution in [1.29, 1.82) is 5.26 Å². The van der Waals surface area contributed by atoms with Crippen LogP contribution in [0, 0.1) is 16.7 Å². The molecule has 0 aromatic heterocycles. The van der Waals surface area contributed by atoms with Crippen LogP contribution in [-0.2, 0) is 4.74 Å². The molecule has 3 nitrogen and oxygen atoms in total. The Labute approximate surface area is 103 Å². The first-order chi connectivity index (χ1) is 7.59. The van der Waals surface area contributed by atoms with Gasteiger partial charge in [-0.3, -0.25) is 4.79 Å². The highest BCUT2D eigenvalue weighted by atomic mass is 35.5. The standard InChI is InChI=1S/C11H7Cl2NO2/c12-8-2-1-7(3-9(8)13)10(15)11(4-14)5-16-6-11/h1-3H,5-6H2. The Kier molecular flexibility index (Phi) is 2.90. The minimum Gasteiger partial charge on any atom is -0.377 e. The highest BCUT2D eigenvalue weighted by molar-refractivity contribution is 6.42. The third-order valence-electron chi connectivity index (χ3n) is 2.53. The van der Waals surface area contributed by atoms with Gasteiger partial charge in [-0.15, -0.1) is 0 Å². The van der Waals surface area contributed by atoms with Crippen LogP contribution in [0.5, 0.6) is 0 Å². The molecule has 1 aliphatic rings. The van der Waals surface area contributed by atoms with Gasteiger partial charge in [0, 0.05) is 5.56 Å². The zero-order valence-corrected chi connectivity index (χ0v) is 9.68. The van der Waals surface area contributed by atoms with Crippen molar-refractivity contribution in [2.45, 2.75) is 0 Å². The second kappa shape index (κ2) is 4.06. The molecule has 82 valence electrons. The fraction of sp³-hybridized carbons (Fsp3) is 0.273. The summed E-state index contributed by atoms with van der Waals surface area (Å²) in [7, 11) is 0. The van der Waals surface area contributed by atoms with E-state index in [1.165, 1.54) is 6.07 Å². The molecule has 0 spiro atoms. The van der Waals surface area contributed by atoms with Crippen LogP contribution in [-0.4, -0.2) is 19.0 Å². The minimum absolute atomic E-state index is 0.141. The van der Waals surface area contributed by atoms with Gasteiger partial charge in [0.1, 0.15) is 0 Å². The van der Waals surface area contributed by atoms with E-state index in [0.717, 1.165) is 0 Å². The van der Waals surface area contributed by atoms with E-state index in [0.29, 0.717) is 15.6 Å². The highest BCUT2D eigenvalue weighted by Crippen LogP contribution is 2.32. The maximum Gasteiger partial charge on any atom is 0.187 e. The fourth-order valence-corrected chi connectivity index (χ4v) is 1.76. The Balaban J connectivity index is 2.35. The first-order valence-corrected chi connectivity index (χ1v) is 5.33. The molecule has 1 aromatic carbocycles. The molecule has 0 N–H and O–H groups in total. The number of carbonyl (C=O) groups excluding carboxylic acids is 1. The molecule has 1 aromatic rings. The van der Waals surface area contributed by atoms with Crippen LogP contribution in [0.25, 0.3) is 0 Å². The van der Waals surface area contributed by atoms with E-state index in [9.17, 15) is 4.79 Å². The van der Waals surface area contributed by atoms with E-state index >= 15 is 0 Å². The topological polar surface area (TPSA) is 50.1 Å². The van der Waals surface area contributed by atoms with Gasteiger partial charge in [0.25, 0.3) is 0 Å². The van der Waals surface area contributed by atoms with Crippen LogP contribution in [0.3, 0.4) is 0 Å². The molecule has 0 radical (unpaired) electrons. The van der Waals surface area contributed by atoms with Gasteiger partial charge >= 0.3 is 0 Å². The Morgan fingerprint density at radius 2 is 2.06 bits per heavy atom. The number of Topliss-reactive ketones (excluding diaryl/α,β-unsaturated/α-hetero) is 1. The molecule has 0 unspecified atom stereocenters. The lowest BCUT2D eigenvalue weighted by molar-refractivity contribution is -0.0566. The van der Waals surface area contributed by atoms with Gasteiger partial charge in [0.15, 0.2) is 11.2 Å². The summed E-state index contributed by atoms with van der Waals surface area (Å²) < 4.78 is 4.92. The summed E-state index contributed by atoms with van der Waals surface area (Å²) in [5.74, 6) is -0.264. The molecule has 0 atom stereocenters. The van der Waals surface area contributed by atoms with Gasteiger partial charge in [0.2, 0.25) is 0 Å². The second-order valence-electron chi connectivity index (χ2n) is 3.64. The maximum absolute atomic E-state index is 12.0. The quantitative estimate of drug-likeness (QED) is 0.764. The first kappa shape index (κ1) is 11.4. The van der Waals surface area contributed by atoms with E-state index in [1.54, 1.807) is 12.1 Å². The lowest BCUT2D eigenvalue weighted by Crippen LogP contribution is -2.47. The molecule has 2 rings (SSSR count). The smallest absolute Gasteiger partial charge is 0.187 e. The van der Waals surface area contributed by atoms with Gasteiger partial charge in [-0.1, -0.05) is 23.2 Å². The molecule has 16 heavy (non-hydrogen) atoms. The molecule has 0 saturated carbocycles. The first-order valence-electron chi connectivity index (χ1n) is 4.58. The summed E-state index contributed by atoms with van der Waals surface area (Å²) in [6.07, 6.45) is 0. The number of ketones is 1. The lowest BCUT2D eigenvalue weighted by atomic mass is 9.80. The van der Waals surface area contributed by atoms with Gasteiger partial charge in [-0.05, 0) is 18.2 Å². The molecule has 0 amide bonds. The Bertz CT molecular complexity index is 489. The molecular formula is C11H7Cl2NO2. The SMILES string of the molecule is N#CC1(C(=O)c2ccc(Cl)c(Cl)c2)COC1. The number of halogens is 2. The molecule has 0 aliphatic carbocycles. The van der Waals surface area contributed by atoms with Crippen LogP contribution in [0.2, 0.25) is 10.0 Å². The second-order valence-corrected chi connectivity index (χ2v) is 4.46. The predicted molar refractivity (Wildman–Crippen MR) is 59.7 cm³/mol. The molecule has 1 aliphatic heterocycles. The van der Waals surface area contributed by atoms with Crippen molar-refractivity contribution >= 4 is 29.0 Å². The molecule has 1 heterocycles. The monoisotopic (exact) mass is 255 g/mol. The van der Waals surface area contributed by atoms with Gasteiger partial charge in [0.05, 0.1) is 29.3 Å². The molecule has 1 fully saturated rings. The van der Waals surface area contributed by atoms with Crippen LogP contribution < -0.4 is 0 Å². The number of nitriles is 1. The van der Waals surface area contributed by atoms with E-state index in [2.05, 4.69) is 0 Å². The van der Waals surface area contributed by atoms with Crippen LogP contribution in [0.1, 0.15) is 10.4 Å². The molecule has 1 saturated heterocycles. The normalized spacial score (nSPS) is 17.3.